The van der Waals surface area contributed by atoms with Gasteiger partial charge in [-0.05, 0) is 38.0 Å². The Hall–Kier alpha value is -3.08. The number of carbonyl (C=O) groups excluding carboxylic acids is 2. The number of alkyl halides is 3. The lowest BCUT2D eigenvalue weighted by Crippen LogP contribution is -2.37. The fraction of sp³-hybridized carbons (Fsp3) is 0.542. The second-order valence-corrected chi connectivity index (χ2v) is 8.94. The Morgan fingerprint density at radius 1 is 1.20 bits per heavy atom. The number of aromatic nitrogens is 2. The van der Waals surface area contributed by atoms with Crippen molar-refractivity contribution in [2.75, 3.05) is 43.1 Å². The number of rotatable bonds is 8. The van der Waals surface area contributed by atoms with Crippen molar-refractivity contribution < 1.29 is 32.2 Å². The van der Waals surface area contributed by atoms with Gasteiger partial charge in [-0.15, -0.1) is 0 Å². The zero-order valence-electron chi connectivity index (χ0n) is 20.4. The van der Waals surface area contributed by atoms with E-state index in [2.05, 4.69) is 24.3 Å². The van der Waals surface area contributed by atoms with Gasteiger partial charge in [0.15, 0.2) is 6.61 Å². The molecule has 0 aliphatic carbocycles. The predicted octanol–water partition coefficient (Wildman–Crippen LogP) is 3.74. The van der Waals surface area contributed by atoms with Gasteiger partial charge in [-0.1, -0.05) is 13.8 Å². The normalized spacial score (nSPS) is 14.3. The summed E-state index contributed by atoms with van der Waals surface area (Å²) in [4.78, 5) is 26.7. The molecule has 2 aromatic rings. The number of benzene rings is 1. The molecule has 11 heteroatoms. The monoisotopic (exact) mass is 496 g/mol. The smallest absolute Gasteiger partial charge is 0.416 e. The molecule has 0 atom stereocenters. The lowest BCUT2D eigenvalue weighted by molar-refractivity contribution is -0.146. The summed E-state index contributed by atoms with van der Waals surface area (Å²) in [6.45, 7) is 9.73. The highest BCUT2D eigenvalue weighted by Gasteiger charge is 2.32. The van der Waals surface area contributed by atoms with Gasteiger partial charge in [-0.2, -0.15) is 18.3 Å². The van der Waals surface area contributed by atoms with E-state index in [9.17, 15) is 22.8 Å². The van der Waals surface area contributed by atoms with Crippen LogP contribution in [0.4, 0.5) is 24.5 Å². The molecule has 1 amide bonds. The van der Waals surface area contributed by atoms with Crippen LogP contribution in [0.25, 0.3) is 0 Å². The molecule has 1 saturated heterocycles. The quantitative estimate of drug-likeness (QED) is 0.561. The Labute approximate surface area is 202 Å². The maximum atomic E-state index is 13.3. The Morgan fingerprint density at radius 3 is 2.51 bits per heavy atom. The van der Waals surface area contributed by atoms with Crippen LogP contribution in [0.1, 0.15) is 36.4 Å². The topological polar surface area (TPSA) is 85.7 Å². The number of morpholine rings is 1. The Kier molecular flexibility index (Phi) is 8.42. The number of halogens is 3. The molecule has 2 heterocycles. The fourth-order valence-electron chi connectivity index (χ4n) is 3.93. The number of esters is 1. The summed E-state index contributed by atoms with van der Waals surface area (Å²) in [5.41, 5.74) is 1.88. The molecule has 1 aliphatic rings. The third kappa shape index (κ3) is 6.97. The second-order valence-electron chi connectivity index (χ2n) is 8.94. The third-order valence-corrected chi connectivity index (χ3v) is 5.70. The first-order valence-electron chi connectivity index (χ1n) is 11.5. The number of nitrogens with zero attached hydrogens (tertiary/aromatic N) is 3. The van der Waals surface area contributed by atoms with Crippen molar-refractivity contribution in [2.45, 2.75) is 46.8 Å². The number of nitrogens with one attached hydrogen (secondary N) is 1. The van der Waals surface area contributed by atoms with Gasteiger partial charge in [0.2, 0.25) is 0 Å². The molecule has 0 spiro atoms. The summed E-state index contributed by atoms with van der Waals surface area (Å²) in [6.07, 6.45) is -4.61. The van der Waals surface area contributed by atoms with Crippen molar-refractivity contribution in [2.24, 2.45) is 5.92 Å². The van der Waals surface area contributed by atoms with E-state index in [-0.39, 0.29) is 12.1 Å². The van der Waals surface area contributed by atoms with Gasteiger partial charge in [0, 0.05) is 30.9 Å². The molecule has 1 aromatic carbocycles. The molecule has 8 nitrogen and oxygen atoms in total. The molecule has 1 N–H and O–H groups in total. The first-order valence-corrected chi connectivity index (χ1v) is 11.5. The van der Waals surface area contributed by atoms with Crippen LogP contribution in [-0.4, -0.2) is 54.6 Å². The number of aryl methyl sites for hydroxylation is 1. The molecule has 0 saturated carbocycles. The molecule has 1 fully saturated rings. The van der Waals surface area contributed by atoms with Crippen LogP contribution in [0.15, 0.2) is 18.2 Å². The highest BCUT2D eigenvalue weighted by Crippen LogP contribution is 2.35. The number of anilines is 2. The zero-order chi connectivity index (χ0) is 25.8. The Balaban J connectivity index is 1.66. The standard InChI is InChI=1S/C24H31F3N4O4/c1-15(2)13-31-17(4)19(16(3)29-31)12-23(33)35-14-22(32)28-20-11-18(24(25,26)27)5-6-21(20)30-7-9-34-10-8-30/h5-6,11,15H,7-10,12-14H2,1-4H3,(H,28,32). The lowest BCUT2D eigenvalue weighted by atomic mass is 10.1. The van der Waals surface area contributed by atoms with E-state index in [4.69, 9.17) is 9.47 Å². The van der Waals surface area contributed by atoms with Crippen molar-refractivity contribution in [3.05, 3.63) is 40.7 Å². The molecule has 0 bridgehead atoms. The Bertz CT molecular complexity index is 1060. The lowest BCUT2D eigenvalue weighted by Gasteiger charge is -2.31. The first kappa shape index (κ1) is 26.5. The number of hydrogen-bond donors (Lipinski definition) is 1. The van der Waals surface area contributed by atoms with Crippen molar-refractivity contribution in [3.63, 3.8) is 0 Å². The van der Waals surface area contributed by atoms with Crippen LogP contribution in [-0.2, 0) is 38.2 Å². The Morgan fingerprint density at radius 2 is 1.89 bits per heavy atom. The van der Waals surface area contributed by atoms with E-state index in [1.165, 1.54) is 6.07 Å². The molecule has 0 unspecified atom stereocenters. The van der Waals surface area contributed by atoms with E-state index >= 15 is 0 Å². The summed E-state index contributed by atoms with van der Waals surface area (Å²) in [6, 6.07) is 3.20. The maximum Gasteiger partial charge on any atom is 0.416 e. The van der Waals surface area contributed by atoms with E-state index in [1.54, 1.807) is 6.92 Å². The number of ether oxygens (including phenoxy) is 2. The molecule has 0 radical (unpaired) electrons. The van der Waals surface area contributed by atoms with Crippen LogP contribution >= 0.6 is 0 Å². The van der Waals surface area contributed by atoms with Gasteiger partial charge in [0.1, 0.15) is 0 Å². The predicted molar refractivity (Wildman–Crippen MR) is 124 cm³/mol. The largest absolute Gasteiger partial charge is 0.455 e. The van der Waals surface area contributed by atoms with Gasteiger partial charge in [-0.25, -0.2) is 0 Å². The highest BCUT2D eigenvalue weighted by molar-refractivity contribution is 5.96. The average molecular weight is 497 g/mol. The minimum Gasteiger partial charge on any atom is -0.455 e. The van der Waals surface area contributed by atoms with Gasteiger partial charge in [-0.3, -0.25) is 14.3 Å². The molecular formula is C24H31F3N4O4. The van der Waals surface area contributed by atoms with E-state index in [0.717, 1.165) is 23.4 Å². The van der Waals surface area contributed by atoms with Crippen LogP contribution in [0.3, 0.4) is 0 Å². The molecule has 1 aromatic heterocycles. The summed E-state index contributed by atoms with van der Waals surface area (Å²) < 4.78 is 52.0. The molecule has 1 aliphatic heterocycles. The van der Waals surface area contributed by atoms with E-state index < -0.39 is 30.2 Å². The molecule has 192 valence electrons. The molecule has 3 rings (SSSR count). The van der Waals surface area contributed by atoms with Gasteiger partial charge in [0.25, 0.3) is 5.91 Å². The van der Waals surface area contributed by atoms with Crippen molar-refractivity contribution in [1.82, 2.24) is 9.78 Å². The number of carbonyl (C=O) groups is 2. The second kappa shape index (κ2) is 11.1. The highest BCUT2D eigenvalue weighted by atomic mass is 19.4. The maximum absolute atomic E-state index is 13.3. The fourth-order valence-corrected chi connectivity index (χ4v) is 3.93. The molecular weight excluding hydrogens is 465 g/mol. The number of hydrogen-bond acceptors (Lipinski definition) is 6. The summed E-state index contributed by atoms with van der Waals surface area (Å²) >= 11 is 0. The zero-order valence-corrected chi connectivity index (χ0v) is 20.4. The minimum absolute atomic E-state index is 0.00410. The summed E-state index contributed by atoms with van der Waals surface area (Å²) in [7, 11) is 0. The van der Waals surface area contributed by atoms with Gasteiger partial charge < -0.3 is 19.7 Å². The van der Waals surface area contributed by atoms with E-state index in [1.807, 2.05) is 16.5 Å². The SMILES string of the molecule is Cc1nn(CC(C)C)c(C)c1CC(=O)OCC(=O)Nc1cc(C(F)(F)F)ccc1N1CCOCC1. The van der Waals surface area contributed by atoms with Crippen LogP contribution in [0, 0.1) is 19.8 Å². The minimum atomic E-state index is -4.56. The third-order valence-electron chi connectivity index (χ3n) is 5.70. The molecule has 35 heavy (non-hydrogen) atoms. The summed E-state index contributed by atoms with van der Waals surface area (Å²) in [5.74, 6) is -0.960. The summed E-state index contributed by atoms with van der Waals surface area (Å²) in [5, 5.41) is 6.93. The van der Waals surface area contributed by atoms with Crippen LogP contribution < -0.4 is 10.2 Å². The van der Waals surface area contributed by atoms with Crippen molar-refractivity contribution in [1.29, 1.82) is 0 Å². The van der Waals surface area contributed by atoms with E-state index in [0.29, 0.717) is 50.1 Å². The van der Waals surface area contributed by atoms with Gasteiger partial charge >= 0.3 is 12.1 Å². The van der Waals surface area contributed by atoms with Gasteiger partial charge in [0.05, 0.1) is 42.3 Å². The average Bonchev–Trinajstić information content (AvgIpc) is 3.04. The van der Waals surface area contributed by atoms with Crippen molar-refractivity contribution >= 4 is 23.3 Å². The first-order chi connectivity index (χ1) is 16.5. The number of amides is 1. The van der Waals surface area contributed by atoms with Crippen LogP contribution in [0.5, 0.6) is 0 Å². The van der Waals surface area contributed by atoms with Crippen molar-refractivity contribution in [3.8, 4) is 0 Å². The van der Waals surface area contributed by atoms with Crippen LogP contribution in [0.2, 0.25) is 0 Å².